The number of hydrogen-bond acceptors (Lipinski definition) is 7. The van der Waals surface area contributed by atoms with Gasteiger partial charge in [-0.1, -0.05) is 39.8 Å². The van der Waals surface area contributed by atoms with Gasteiger partial charge < -0.3 is 0 Å². The topological polar surface area (TPSA) is 119 Å². The van der Waals surface area contributed by atoms with Crippen LogP contribution in [0.1, 0.15) is 40.5 Å². The van der Waals surface area contributed by atoms with E-state index in [9.17, 15) is 22.7 Å². The standard InChI is InChI=1S/C28H36N4O5S2/c1-17-9-18(2)14-31(13-17)38(35)21-5-7-23-25(11-21)28(30-34)26-12-22(6-8-24(26)27(23)29-33)39(36,37)32-15-19(3)10-20(4)16-32/h5-8,11-12,17-20,29,33H,9-10,13-16H2,1-4H3. The lowest BCUT2D eigenvalue weighted by Crippen LogP contribution is -2.42. The number of piperidine rings is 2. The molecular weight excluding hydrogens is 536 g/mol. The van der Waals surface area contributed by atoms with Crippen molar-refractivity contribution in [2.75, 3.05) is 31.7 Å². The quantitative estimate of drug-likeness (QED) is 0.217. The molecule has 2 fully saturated rings. The second kappa shape index (κ2) is 10.9. The summed E-state index contributed by atoms with van der Waals surface area (Å²) in [4.78, 5) is 12.9. The smallest absolute Gasteiger partial charge is 0.243 e. The third-order valence-electron chi connectivity index (χ3n) is 7.98. The Balaban J connectivity index is 1.64. The van der Waals surface area contributed by atoms with Gasteiger partial charge in [0.1, 0.15) is 16.7 Å². The summed E-state index contributed by atoms with van der Waals surface area (Å²) in [6, 6.07) is 9.68. The number of nitrogens with zero attached hydrogens (tertiary/aromatic N) is 3. The van der Waals surface area contributed by atoms with Gasteiger partial charge in [0.05, 0.1) is 15.5 Å². The zero-order chi connectivity index (χ0) is 28.1. The van der Waals surface area contributed by atoms with Crippen molar-refractivity contribution in [1.29, 1.82) is 0 Å². The monoisotopic (exact) mass is 572 g/mol. The Labute approximate surface area is 232 Å². The summed E-state index contributed by atoms with van der Waals surface area (Å²) >= 11 is 0. The fourth-order valence-corrected chi connectivity index (χ4v) is 9.68. The Morgan fingerprint density at radius 2 is 1.38 bits per heavy atom. The van der Waals surface area contributed by atoms with Gasteiger partial charge in [0.25, 0.3) is 0 Å². The molecule has 0 aromatic heterocycles. The van der Waals surface area contributed by atoms with E-state index in [4.69, 9.17) is 0 Å². The number of rotatable bonds is 6. The molecule has 3 aromatic carbocycles. The molecule has 2 aliphatic heterocycles. The average Bonchev–Trinajstić information content (AvgIpc) is 2.89. The van der Waals surface area contributed by atoms with E-state index in [2.05, 4.69) is 24.5 Å². The zero-order valence-corrected chi connectivity index (χ0v) is 24.4. The molecule has 3 aromatic rings. The molecule has 0 amide bonds. The van der Waals surface area contributed by atoms with E-state index in [0.717, 1.165) is 12.8 Å². The van der Waals surface area contributed by atoms with E-state index in [-0.39, 0.29) is 22.4 Å². The van der Waals surface area contributed by atoms with Gasteiger partial charge in [0.2, 0.25) is 10.0 Å². The highest BCUT2D eigenvalue weighted by atomic mass is 32.2. The van der Waals surface area contributed by atoms with Crippen molar-refractivity contribution in [1.82, 2.24) is 8.61 Å². The number of anilines is 1. The summed E-state index contributed by atoms with van der Waals surface area (Å²) in [5, 5.41) is 15.1. The maximum Gasteiger partial charge on any atom is 0.243 e. The maximum atomic E-state index is 13.6. The summed E-state index contributed by atoms with van der Waals surface area (Å²) in [7, 11) is -5.26. The van der Waals surface area contributed by atoms with Crippen LogP contribution in [0.15, 0.2) is 51.4 Å². The molecular formula is C28H36N4O5S2. The minimum absolute atomic E-state index is 0.0515. The third kappa shape index (κ3) is 5.22. The Hall–Kier alpha value is -2.44. The van der Waals surface area contributed by atoms with Crippen molar-refractivity contribution < 1.29 is 17.8 Å². The lowest BCUT2D eigenvalue weighted by Gasteiger charge is -2.34. The normalized spacial score (nSPS) is 26.1. The van der Waals surface area contributed by atoms with Gasteiger partial charge in [0, 0.05) is 47.7 Å². The number of nitrogens with one attached hydrogen (secondary N) is 1. The first kappa shape index (κ1) is 28.1. The number of nitroso groups, excluding NO2 is 1. The predicted molar refractivity (Wildman–Crippen MR) is 155 cm³/mol. The van der Waals surface area contributed by atoms with Crippen LogP contribution in [0.3, 0.4) is 0 Å². The molecule has 39 heavy (non-hydrogen) atoms. The van der Waals surface area contributed by atoms with Gasteiger partial charge in [-0.3, -0.25) is 10.7 Å². The van der Waals surface area contributed by atoms with E-state index < -0.39 is 21.0 Å². The van der Waals surface area contributed by atoms with Crippen LogP contribution in [0.2, 0.25) is 0 Å². The van der Waals surface area contributed by atoms with Crippen LogP contribution >= 0.6 is 0 Å². The van der Waals surface area contributed by atoms with Crippen LogP contribution < -0.4 is 5.48 Å². The van der Waals surface area contributed by atoms with Crippen molar-refractivity contribution in [2.45, 2.75) is 50.3 Å². The summed E-state index contributed by atoms with van der Waals surface area (Å²) < 4.78 is 44.2. The van der Waals surface area contributed by atoms with Gasteiger partial charge in [-0.25, -0.2) is 16.9 Å². The van der Waals surface area contributed by atoms with Crippen LogP contribution in [-0.2, 0) is 21.0 Å². The highest BCUT2D eigenvalue weighted by Crippen LogP contribution is 2.43. The molecule has 11 heteroatoms. The number of fused-ring (bicyclic) bond motifs is 2. The van der Waals surface area contributed by atoms with E-state index in [1.165, 1.54) is 16.4 Å². The summed E-state index contributed by atoms with van der Waals surface area (Å²) in [6.07, 6.45) is 2.06. The summed E-state index contributed by atoms with van der Waals surface area (Å²) in [6.45, 7) is 10.7. The zero-order valence-electron chi connectivity index (χ0n) is 22.8. The van der Waals surface area contributed by atoms with E-state index in [1.54, 1.807) is 24.3 Å². The lowest BCUT2D eigenvalue weighted by atomic mass is 9.94. The Bertz CT molecular complexity index is 1540. The highest BCUT2D eigenvalue weighted by molar-refractivity contribution is 7.89. The molecule has 2 heterocycles. The largest absolute Gasteiger partial charge is 0.291 e. The van der Waals surface area contributed by atoms with Crippen LogP contribution in [0.4, 0.5) is 11.4 Å². The van der Waals surface area contributed by atoms with E-state index in [1.807, 2.05) is 18.2 Å². The van der Waals surface area contributed by atoms with Gasteiger partial charge in [-0.15, -0.1) is 4.91 Å². The molecule has 0 spiro atoms. The van der Waals surface area contributed by atoms with E-state index in [0.29, 0.717) is 70.1 Å². The van der Waals surface area contributed by atoms with Crippen molar-refractivity contribution >= 4 is 53.9 Å². The molecule has 5 unspecified atom stereocenters. The van der Waals surface area contributed by atoms with Gasteiger partial charge in [-0.2, -0.15) is 4.31 Å². The maximum absolute atomic E-state index is 13.6. The molecule has 0 bridgehead atoms. The van der Waals surface area contributed by atoms with E-state index >= 15 is 0 Å². The van der Waals surface area contributed by atoms with Crippen molar-refractivity contribution in [3.05, 3.63) is 41.3 Å². The molecule has 5 rings (SSSR count). The third-order valence-corrected chi connectivity index (χ3v) is 11.2. The van der Waals surface area contributed by atoms with Gasteiger partial charge >= 0.3 is 0 Å². The van der Waals surface area contributed by atoms with Gasteiger partial charge in [-0.05, 0) is 66.0 Å². The fourth-order valence-electron chi connectivity index (χ4n) is 6.49. The number of hydrogen-bond donors (Lipinski definition) is 2. The Morgan fingerprint density at radius 3 is 1.95 bits per heavy atom. The first-order valence-corrected chi connectivity index (χ1v) is 16.0. The number of sulfonamides is 1. The molecule has 0 aliphatic carbocycles. The van der Waals surface area contributed by atoms with Crippen LogP contribution in [0, 0.1) is 28.6 Å². The Morgan fingerprint density at radius 1 is 0.846 bits per heavy atom. The molecule has 0 saturated carbocycles. The Kier molecular flexibility index (Phi) is 7.82. The predicted octanol–water partition coefficient (Wildman–Crippen LogP) is 5.86. The van der Waals surface area contributed by atoms with Crippen LogP contribution in [0.25, 0.3) is 21.5 Å². The molecule has 2 aliphatic rings. The second-order valence-corrected chi connectivity index (χ2v) is 15.1. The van der Waals surface area contributed by atoms with Crippen LogP contribution in [-0.4, -0.2) is 52.6 Å². The number of benzene rings is 3. The minimum atomic E-state index is -3.81. The first-order chi connectivity index (χ1) is 18.5. The highest BCUT2D eigenvalue weighted by Gasteiger charge is 2.32. The van der Waals surface area contributed by atoms with Crippen molar-refractivity contribution in [2.24, 2.45) is 28.8 Å². The van der Waals surface area contributed by atoms with Gasteiger partial charge in [0.15, 0.2) is 0 Å². The molecule has 5 atom stereocenters. The SMILES string of the molecule is CC1CC(C)CN(S(=O)c2ccc3c(NO)c4ccc(S(=O)(=O)N5CC(C)CC(C)C5)cc4c(N=O)c3c2)C1. The average molecular weight is 573 g/mol. The molecule has 9 nitrogen and oxygen atoms in total. The first-order valence-electron chi connectivity index (χ1n) is 13.5. The molecule has 0 radical (unpaired) electrons. The molecule has 2 N–H and O–H groups in total. The minimum Gasteiger partial charge on any atom is -0.291 e. The molecule has 2 saturated heterocycles. The summed E-state index contributed by atoms with van der Waals surface area (Å²) in [5.41, 5.74) is 2.61. The van der Waals surface area contributed by atoms with Crippen molar-refractivity contribution in [3.63, 3.8) is 0 Å². The van der Waals surface area contributed by atoms with Crippen LogP contribution in [0.5, 0.6) is 0 Å². The summed E-state index contributed by atoms with van der Waals surface area (Å²) in [5.74, 6) is 1.34. The lowest BCUT2D eigenvalue weighted by molar-refractivity contribution is 0.222. The molecule has 210 valence electrons. The van der Waals surface area contributed by atoms with Crippen molar-refractivity contribution in [3.8, 4) is 0 Å². The second-order valence-electron chi connectivity index (χ2n) is 11.7. The fraction of sp³-hybridized carbons (Fsp3) is 0.500.